The molecule has 1 unspecified atom stereocenters. The molecule has 0 amide bonds. The van der Waals surface area contributed by atoms with E-state index in [1.54, 1.807) is 7.05 Å². The summed E-state index contributed by atoms with van der Waals surface area (Å²) in [5, 5.41) is 9.21. The van der Waals surface area contributed by atoms with Gasteiger partial charge in [0, 0.05) is 20.1 Å². The normalized spacial score (nSPS) is 21.1. The molecule has 1 atom stereocenters. The summed E-state index contributed by atoms with van der Waals surface area (Å²) in [6.07, 6.45) is 1.03. The SMILES string of the molecule is CN1CCC(CN(C)S(=O)(=O)c2ccc(O)cc2)C1. The smallest absolute Gasteiger partial charge is 0.242 e. The third kappa shape index (κ3) is 3.26. The Morgan fingerprint density at radius 3 is 2.53 bits per heavy atom. The summed E-state index contributed by atoms with van der Waals surface area (Å²) in [4.78, 5) is 2.44. The van der Waals surface area contributed by atoms with Gasteiger partial charge >= 0.3 is 0 Å². The first kappa shape index (κ1) is 14.3. The standard InChI is InChI=1S/C13H20N2O3S/c1-14-8-7-11(9-14)10-15(2)19(17,18)13-5-3-12(16)4-6-13/h3-6,11,16H,7-10H2,1-2H3. The van der Waals surface area contributed by atoms with Crippen LogP contribution in [0.1, 0.15) is 6.42 Å². The van der Waals surface area contributed by atoms with Crippen LogP contribution >= 0.6 is 0 Å². The molecule has 6 heteroatoms. The molecule has 1 saturated heterocycles. The first-order valence-corrected chi connectivity index (χ1v) is 7.77. The predicted octanol–water partition coefficient (Wildman–Crippen LogP) is 0.964. The Labute approximate surface area is 114 Å². The van der Waals surface area contributed by atoms with Gasteiger partial charge in [0.05, 0.1) is 4.90 Å². The summed E-state index contributed by atoms with van der Waals surface area (Å²) < 4.78 is 26.1. The summed E-state index contributed by atoms with van der Waals surface area (Å²) in [6.45, 7) is 2.50. The van der Waals surface area contributed by atoms with Crippen LogP contribution in [0, 0.1) is 5.92 Å². The third-order valence-corrected chi connectivity index (χ3v) is 5.39. The van der Waals surface area contributed by atoms with Gasteiger partial charge in [0.2, 0.25) is 10.0 Å². The molecule has 2 rings (SSSR count). The maximum Gasteiger partial charge on any atom is 0.242 e. The number of aromatic hydroxyl groups is 1. The zero-order valence-electron chi connectivity index (χ0n) is 11.3. The van der Waals surface area contributed by atoms with Crippen molar-refractivity contribution in [1.29, 1.82) is 0 Å². The number of sulfonamides is 1. The molecule has 1 fully saturated rings. The average Bonchev–Trinajstić information content (AvgIpc) is 2.75. The van der Waals surface area contributed by atoms with E-state index in [2.05, 4.69) is 11.9 Å². The number of likely N-dealkylation sites (tertiary alicyclic amines) is 1. The number of phenols is 1. The lowest BCUT2D eigenvalue weighted by molar-refractivity contribution is 0.356. The van der Waals surface area contributed by atoms with Crippen LogP contribution in [-0.4, -0.2) is 56.5 Å². The van der Waals surface area contributed by atoms with Crippen molar-refractivity contribution in [2.45, 2.75) is 11.3 Å². The monoisotopic (exact) mass is 284 g/mol. The van der Waals surface area contributed by atoms with Gasteiger partial charge < -0.3 is 10.0 Å². The molecule has 0 radical (unpaired) electrons. The van der Waals surface area contributed by atoms with Crippen molar-refractivity contribution >= 4 is 10.0 Å². The zero-order valence-corrected chi connectivity index (χ0v) is 12.1. The minimum Gasteiger partial charge on any atom is -0.508 e. The number of phenolic OH excluding ortho intramolecular Hbond substituents is 1. The van der Waals surface area contributed by atoms with Gasteiger partial charge in [0.15, 0.2) is 0 Å². The minimum absolute atomic E-state index is 0.0685. The maximum atomic E-state index is 12.3. The molecule has 5 nitrogen and oxygen atoms in total. The summed E-state index contributed by atoms with van der Waals surface area (Å²) in [7, 11) is 0.205. The fraction of sp³-hybridized carbons (Fsp3) is 0.538. The number of benzene rings is 1. The highest BCUT2D eigenvalue weighted by atomic mass is 32.2. The Balaban J connectivity index is 2.08. The van der Waals surface area contributed by atoms with Crippen LogP contribution in [0.15, 0.2) is 29.2 Å². The molecule has 0 bridgehead atoms. The second kappa shape index (κ2) is 5.48. The first-order chi connectivity index (χ1) is 8.89. The first-order valence-electron chi connectivity index (χ1n) is 6.33. The Kier molecular flexibility index (Phi) is 4.13. The second-order valence-electron chi connectivity index (χ2n) is 5.20. The van der Waals surface area contributed by atoms with E-state index in [9.17, 15) is 13.5 Å². The van der Waals surface area contributed by atoms with Crippen molar-refractivity contribution in [3.05, 3.63) is 24.3 Å². The number of rotatable bonds is 4. The lowest BCUT2D eigenvalue weighted by Gasteiger charge is -2.21. The van der Waals surface area contributed by atoms with Gasteiger partial charge in [-0.15, -0.1) is 0 Å². The Morgan fingerprint density at radius 1 is 1.37 bits per heavy atom. The number of hydrogen-bond donors (Lipinski definition) is 1. The molecular weight excluding hydrogens is 264 g/mol. The van der Waals surface area contributed by atoms with E-state index in [1.807, 2.05) is 0 Å². The summed E-state index contributed by atoms with van der Waals surface area (Å²) in [6, 6.07) is 5.65. The highest BCUT2D eigenvalue weighted by molar-refractivity contribution is 7.89. The van der Waals surface area contributed by atoms with Gasteiger partial charge in [0.1, 0.15) is 5.75 Å². The van der Waals surface area contributed by atoms with Crippen molar-refractivity contribution in [1.82, 2.24) is 9.21 Å². The van der Waals surface area contributed by atoms with E-state index in [1.165, 1.54) is 28.6 Å². The van der Waals surface area contributed by atoms with Gasteiger partial charge in [-0.1, -0.05) is 0 Å². The van der Waals surface area contributed by atoms with E-state index in [4.69, 9.17) is 0 Å². The summed E-state index contributed by atoms with van der Waals surface area (Å²) >= 11 is 0. The molecule has 106 valence electrons. The van der Waals surface area contributed by atoms with Crippen LogP contribution in [0.3, 0.4) is 0 Å². The van der Waals surface area contributed by atoms with E-state index in [-0.39, 0.29) is 10.6 Å². The van der Waals surface area contributed by atoms with Crippen LogP contribution in [-0.2, 0) is 10.0 Å². The Hall–Kier alpha value is -1.11. The molecule has 0 saturated carbocycles. The minimum atomic E-state index is -3.46. The van der Waals surface area contributed by atoms with Crippen LogP contribution < -0.4 is 0 Å². The second-order valence-corrected chi connectivity index (χ2v) is 7.24. The van der Waals surface area contributed by atoms with Crippen LogP contribution in [0.2, 0.25) is 0 Å². The number of hydrogen-bond acceptors (Lipinski definition) is 4. The lowest BCUT2D eigenvalue weighted by atomic mass is 10.1. The molecule has 19 heavy (non-hydrogen) atoms. The molecule has 1 heterocycles. The van der Waals surface area contributed by atoms with Crippen molar-refractivity contribution in [2.75, 3.05) is 33.7 Å². The van der Waals surface area contributed by atoms with Gasteiger partial charge in [0.25, 0.3) is 0 Å². The maximum absolute atomic E-state index is 12.3. The molecule has 0 spiro atoms. The topological polar surface area (TPSA) is 60.9 Å². The molecule has 0 aromatic heterocycles. The third-order valence-electron chi connectivity index (χ3n) is 3.55. The highest BCUT2D eigenvalue weighted by Crippen LogP contribution is 2.21. The fourth-order valence-electron chi connectivity index (χ4n) is 2.44. The number of nitrogens with zero attached hydrogens (tertiary/aromatic N) is 2. The van der Waals surface area contributed by atoms with Crippen molar-refractivity contribution in [2.24, 2.45) is 5.92 Å². The Bertz CT molecular complexity index is 527. The van der Waals surface area contributed by atoms with Crippen LogP contribution in [0.5, 0.6) is 5.75 Å². The van der Waals surface area contributed by atoms with Crippen LogP contribution in [0.4, 0.5) is 0 Å². The fourth-order valence-corrected chi connectivity index (χ4v) is 3.68. The molecule has 1 aliphatic rings. The average molecular weight is 284 g/mol. The quantitative estimate of drug-likeness (QED) is 0.895. The van der Waals surface area contributed by atoms with Crippen molar-refractivity contribution in [3.8, 4) is 5.75 Å². The van der Waals surface area contributed by atoms with Gasteiger partial charge in [-0.25, -0.2) is 12.7 Å². The van der Waals surface area contributed by atoms with E-state index >= 15 is 0 Å². The van der Waals surface area contributed by atoms with Gasteiger partial charge in [-0.2, -0.15) is 0 Å². The van der Waals surface area contributed by atoms with Crippen molar-refractivity contribution < 1.29 is 13.5 Å². The lowest BCUT2D eigenvalue weighted by Crippen LogP contribution is -2.32. The molecular formula is C13H20N2O3S. The van der Waals surface area contributed by atoms with E-state index in [0.717, 1.165) is 19.5 Å². The predicted molar refractivity (Wildman–Crippen MR) is 73.5 cm³/mol. The zero-order chi connectivity index (χ0) is 14.0. The van der Waals surface area contributed by atoms with Gasteiger partial charge in [-0.3, -0.25) is 0 Å². The molecule has 1 aliphatic heterocycles. The summed E-state index contributed by atoms with van der Waals surface area (Å²) in [5.41, 5.74) is 0. The highest BCUT2D eigenvalue weighted by Gasteiger charge is 2.27. The largest absolute Gasteiger partial charge is 0.508 e. The van der Waals surface area contributed by atoms with E-state index in [0.29, 0.717) is 12.5 Å². The summed E-state index contributed by atoms with van der Waals surface area (Å²) in [5.74, 6) is 0.459. The molecule has 0 aliphatic carbocycles. The van der Waals surface area contributed by atoms with Gasteiger partial charge in [-0.05, 0) is 50.2 Å². The molecule has 1 N–H and O–H groups in total. The molecule has 1 aromatic carbocycles. The van der Waals surface area contributed by atoms with Crippen LogP contribution in [0.25, 0.3) is 0 Å². The Morgan fingerprint density at radius 2 is 2.00 bits per heavy atom. The molecule has 1 aromatic rings. The van der Waals surface area contributed by atoms with Crippen molar-refractivity contribution in [3.63, 3.8) is 0 Å². The van der Waals surface area contributed by atoms with E-state index < -0.39 is 10.0 Å².